The van der Waals surface area contributed by atoms with Crippen molar-refractivity contribution in [1.29, 1.82) is 0 Å². The lowest BCUT2D eigenvalue weighted by Crippen LogP contribution is -2.54. The molecule has 0 saturated carbocycles. The van der Waals surface area contributed by atoms with Crippen LogP contribution >= 0.6 is 0 Å². The first kappa shape index (κ1) is 34.2. The number of amides is 2. The van der Waals surface area contributed by atoms with Crippen molar-refractivity contribution in [2.45, 2.75) is 64.6 Å². The number of methoxy groups -OCH3 is 1. The van der Waals surface area contributed by atoms with E-state index in [0.717, 1.165) is 32.1 Å². The number of nitrogens with zero attached hydrogens (tertiary/aromatic N) is 2. The van der Waals surface area contributed by atoms with Crippen LogP contribution in [0, 0.1) is 20.8 Å². The topological polar surface area (TPSA) is 96.0 Å². The van der Waals surface area contributed by atoms with Crippen molar-refractivity contribution in [3.8, 4) is 5.75 Å². The highest BCUT2D eigenvalue weighted by Gasteiger charge is 2.36. The summed E-state index contributed by atoms with van der Waals surface area (Å²) in [5, 5.41) is 2.99. The van der Waals surface area contributed by atoms with Crippen LogP contribution in [0.15, 0.2) is 102 Å². The van der Waals surface area contributed by atoms with Crippen molar-refractivity contribution in [2.75, 3.05) is 18.0 Å². The van der Waals surface area contributed by atoms with Crippen LogP contribution in [0.2, 0.25) is 0 Å². The summed E-state index contributed by atoms with van der Waals surface area (Å²) >= 11 is 0. The van der Waals surface area contributed by atoms with Crippen LogP contribution in [-0.2, 0) is 32.6 Å². The molecule has 4 aromatic carbocycles. The van der Waals surface area contributed by atoms with Gasteiger partial charge in [0.2, 0.25) is 11.8 Å². The molecule has 8 nitrogen and oxygen atoms in total. The van der Waals surface area contributed by atoms with Gasteiger partial charge in [0.15, 0.2) is 0 Å². The fraction of sp³-hybridized carbons (Fsp3) is 0.297. The predicted molar refractivity (Wildman–Crippen MR) is 182 cm³/mol. The second kappa shape index (κ2) is 15.1. The van der Waals surface area contributed by atoms with Crippen molar-refractivity contribution in [3.05, 3.63) is 125 Å². The first-order valence-corrected chi connectivity index (χ1v) is 16.8. The Morgan fingerprint density at radius 1 is 0.826 bits per heavy atom. The molecule has 1 atom stereocenters. The number of carbonyl (C=O) groups excluding carboxylic acids is 2. The minimum atomic E-state index is -4.25. The van der Waals surface area contributed by atoms with Gasteiger partial charge in [-0.3, -0.25) is 13.9 Å². The summed E-state index contributed by atoms with van der Waals surface area (Å²) in [6.45, 7) is 8.96. The third-order valence-corrected chi connectivity index (χ3v) is 9.57. The van der Waals surface area contributed by atoms with E-state index in [9.17, 15) is 18.0 Å². The van der Waals surface area contributed by atoms with Gasteiger partial charge in [-0.1, -0.05) is 78.4 Å². The van der Waals surface area contributed by atoms with E-state index < -0.39 is 28.5 Å². The Kier molecular flexibility index (Phi) is 11.2. The van der Waals surface area contributed by atoms with Gasteiger partial charge in [-0.2, -0.15) is 0 Å². The zero-order chi connectivity index (χ0) is 33.4. The molecule has 1 N–H and O–H groups in total. The smallest absolute Gasteiger partial charge is 0.264 e. The van der Waals surface area contributed by atoms with E-state index in [4.69, 9.17) is 4.74 Å². The molecule has 0 spiro atoms. The minimum absolute atomic E-state index is 0.0401. The zero-order valence-electron chi connectivity index (χ0n) is 27.4. The molecule has 242 valence electrons. The van der Waals surface area contributed by atoms with Crippen LogP contribution in [0.4, 0.5) is 5.69 Å². The molecule has 2 amide bonds. The summed E-state index contributed by atoms with van der Waals surface area (Å²) in [4.78, 5) is 30.1. The van der Waals surface area contributed by atoms with Crippen LogP contribution in [-0.4, -0.2) is 50.9 Å². The largest absolute Gasteiger partial charge is 0.495 e. The molecular weight excluding hydrogens is 598 g/mol. The van der Waals surface area contributed by atoms with E-state index in [-0.39, 0.29) is 35.5 Å². The minimum Gasteiger partial charge on any atom is -0.495 e. The van der Waals surface area contributed by atoms with E-state index >= 15 is 0 Å². The summed E-state index contributed by atoms with van der Waals surface area (Å²) in [6.07, 6.45) is 0.246. The number of ether oxygens (including phenoxy) is 1. The Morgan fingerprint density at radius 2 is 1.46 bits per heavy atom. The summed E-state index contributed by atoms with van der Waals surface area (Å²) in [5.74, 6) is -0.540. The number of rotatable bonds is 13. The number of aryl methyl sites for hydroxylation is 3. The van der Waals surface area contributed by atoms with E-state index in [1.54, 1.807) is 24.3 Å². The fourth-order valence-corrected chi connectivity index (χ4v) is 6.67. The van der Waals surface area contributed by atoms with E-state index in [1.807, 2.05) is 95.3 Å². The number of hydrogen-bond donors (Lipinski definition) is 1. The van der Waals surface area contributed by atoms with Gasteiger partial charge in [-0.05, 0) is 81.1 Å². The van der Waals surface area contributed by atoms with Crippen molar-refractivity contribution in [2.24, 2.45) is 0 Å². The van der Waals surface area contributed by atoms with Gasteiger partial charge >= 0.3 is 0 Å². The molecule has 0 bridgehead atoms. The number of benzene rings is 4. The average Bonchev–Trinajstić information content (AvgIpc) is 3.02. The summed E-state index contributed by atoms with van der Waals surface area (Å²) in [5.41, 5.74) is 4.61. The van der Waals surface area contributed by atoms with Crippen LogP contribution in [0.3, 0.4) is 0 Å². The highest BCUT2D eigenvalue weighted by Crippen LogP contribution is 2.34. The molecule has 4 aromatic rings. The summed E-state index contributed by atoms with van der Waals surface area (Å²) in [6, 6.07) is 27.8. The Bertz CT molecular complexity index is 1760. The summed E-state index contributed by atoms with van der Waals surface area (Å²) < 4.78 is 35.4. The summed E-state index contributed by atoms with van der Waals surface area (Å²) in [7, 11) is -2.79. The van der Waals surface area contributed by atoms with Crippen molar-refractivity contribution in [3.63, 3.8) is 0 Å². The van der Waals surface area contributed by atoms with Gasteiger partial charge in [0.25, 0.3) is 10.0 Å². The van der Waals surface area contributed by atoms with Crippen molar-refractivity contribution in [1.82, 2.24) is 10.2 Å². The van der Waals surface area contributed by atoms with Crippen LogP contribution in [0.1, 0.15) is 41.7 Å². The molecule has 4 rings (SSSR count). The second-order valence-corrected chi connectivity index (χ2v) is 13.7. The molecule has 0 aliphatic heterocycles. The molecule has 0 fully saturated rings. The van der Waals surface area contributed by atoms with Gasteiger partial charge in [0.1, 0.15) is 18.3 Å². The number of sulfonamides is 1. The molecule has 0 heterocycles. The Labute approximate surface area is 273 Å². The molecule has 46 heavy (non-hydrogen) atoms. The van der Waals surface area contributed by atoms with Crippen LogP contribution in [0.5, 0.6) is 5.75 Å². The quantitative estimate of drug-likeness (QED) is 0.194. The van der Waals surface area contributed by atoms with E-state index in [2.05, 4.69) is 5.32 Å². The Hall–Kier alpha value is -4.63. The van der Waals surface area contributed by atoms with Crippen LogP contribution < -0.4 is 14.4 Å². The Balaban J connectivity index is 1.86. The maximum atomic E-state index is 14.7. The van der Waals surface area contributed by atoms with Crippen molar-refractivity contribution >= 4 is 27.5 Å². The predicted octanol–water partition coefficient (Wildman–Crippen LogP) is 5.98. The van der Waals surface area contributed by atoms with E-state index in [0.29, 0.717) is 5.75 Å². The number of nitrogens with one attached hydrogen (secondary N) is 1. The fourth-order valence-electron chi connectivity index (χ4n) is 5.25. The van der Waals surface area contributed by atoms with Gasteiger partial charge in [-0.15, -0.1) is 0 Å². The SMILES string of the molecule is COc1ccc(C)cc1N(CC(=O)N(Cc1ccccc1C)C(Cc1ccccc1)C(=O)NC(C)C)S(=O)(=O)c1ccc(C)cc1. The van der Waals surface area contributed by atoms with Gasteiger partial charge in [0, 0.05) is 19.0 Å². The zero-order valence-corrected chi connectivity index (χ0v) is 28.2. The normalized spacial score (nSPS) is 12.0. The molecular formula is C37H43N3O5S. The Morgan fingerprint density at radius 3 is 2.09 bits per heavy atom. The number of hydrogen-bond acceptors (Lipinski definition) is 5. The highest BCUT2D eigenvalue weighted by atomic mass is 32.2. The first-order valence-electron chi connectivity index (χ1n) is 15.3. The van der Waals surface area contributed by atoms with Crippen molar-refractivity contribution < 1.29 is 22.7 Å². The van der Waals surface area contributed by atoms with E-state index in [1.165, 1.54) is 24.1 Å². The number of carbonyl (C=O) groups is 2. The maximum absolute atomic E-state index is 14.7. The molecule has 0 aromatic heterocycles. The first-order chi connectivity index (χ1) is 21.9. The number of anilines is 1. The third-order valence-electron chi connectivity index (χ3n) is 7.79. The lowest BCUT2D eigenvalue weighted by molar-refractivity contribution is -0.140. The van der Waals surface area contributed by atoms with Crippen LogP contribution in [0.25, 0.3) is 0 Å². The molecule has 9 heteroatoms. The molecule has 1 unspecified atom stereocenters. The highest BCUT2D eigenvalue weighted by molar-refractivity contribution is 7.92. The monoisotopic (exact) mass is 641 g/mol. The molecule has 0 aliphatic rings. The standard InChI is InChI=1S/C37H43N3O5S/c1-26(2)38-37(42)34(23-30-13-8-7-9-14-30)39(24-31-15-11-10-12-29(31)5)36(41)25-40(33-22-28(4)18-21-35(33)45-6)46(43,44)32-19-16-27(3)17-20-32/h7-22,26,34H,23-25H2,1-6H3,(H,38,42). The third kappa shape index (κ3) is 8.34. The second-order valence-electron chi connectivity index (χ2n) is 11.8. The van der Waals surface area contributed by atoms with Gasteiger partial charge < -0.3 is 15.0 Å². The maximum Gasteiger partial charge on any atom is 0.264 e. The molecule has 0 radical (unpaired) electrons. The average molecular weight is 642 g/mol. The lowest BCUT2D eigenvalue weighted by atomic mass is 10.0. The van der Waals surface area contributed by atoms with Gasteiger partial charge in [0.05, 0.1) is 17.7 Å². The molecule has 0 saturated heterocycles. The van der Waals surface area contributed by atoms with Gasteiger partial charge in [-0.25, -0.2) is 8.42 Å². The molecule has 0 aliphatic carbocycles. The lowest BCUT2D eigenvalue weighted by Gasteiger charge is -2.34.